The van der Waals surface area contributed by atoms with Gasteiger partial charge in [-0.25, -0.2) is 0 Å². The molecule has 1 aromatic rings. The number of aliphatic carboxylic acids is 1. The highest BCUT2D eigenvalue weighted by molar-refractivity contribution is 5.69. The van der Waals surface area contributed by atoms with Gasteiger partial charge in [-0.05, 0) is 46.1 Å². The first-order chi connectivity index (χ1) is 9.88. The maximum absolute atomic E-state index is 11.1. The van der Waals surface area contributed by atoms with Gasteiger partial charge in [-0.3, -0.25) is 9.69 Å². The lowest BCUT2D eigenvalue weighted by molar-refractivity contribution is -0.141. The lowest BCUT2D eigenvalue weighted by Gasteiger charge is -2.25. The van der Waals surface area contributed by atoms with Crippen LogP contribution in [0.15, 0.2) is 24.3 Å². The summed E-state index contributed by atoms with van der Waals surface area (Å²) in [4.78, 5) is 15.5. The highest BCUT2D eigenvalue weighted by atomic mass is 16.4. The molecule has 0 aromatic heterocycles. The zero-order valence-electron chi connectivity index (χ0n) is 13.7. The number of benzene rings is 1. The Morgan fingerprint density at radius 2 is 1.81 bits per heavy atom. The Morgan fingerprint density at radius 1 is 1.19 bits per heavy atom. The van der Waals surface area contributed by atoms with Gasteiger partial charge in [0.2, 0.25) is 0 Å². The van der Waals surface area contributed by atoms with Crippen LogP contribution in [0.4, 0.5) is 0 Å². The van der Waals surface area contributed by atoms with Crippen LogP contribution in [0.25, 0.3) is 0 Å². The van der Waals surface area contributed by atoms with Crippen LogP contribution < -0.4 is 0 Å². The molecule has 4 heteroatoms. The van der Waals surface area contributed by atoms with E-state index in [4.69, 9.17) is 5.11 Å². The minimum atomic E-state index is -0.725. The van der Waals surface area contributed by atoms with E-state index < -0.39 is 5.97 Å². The summed E-state index contributed by atoms with van der Waals surface area (Å²) >= 11 is 0. The van der Waals surface area contributed by atoms with E-state index in [0.29, 0.717) is 6.54 Å². The molecule has 4 nitrogen and oxygen atoms in total. The molecule has 0 spiro atoms. The molecule has 1 rings (SSSR count). The van der Waals surface area contributed by atoms with Crippen molar-refractivity contribution in [3.05, 3.63) is 35.4 Å². The fourth-order valence-electron chi connectivity index (χ4n) is 2.26. The number of carbonyl (C=O) groups is 1. The third-order valence-corrected chi connectivity index (χ3v) is 3.56. The average molecular weight is 292 g/mol. The number of hydrogen-bond donors (Lipinski definition) is 1. The number of rotatable bonds is 9. The highest BCUT2D eigenvalue weighted by Gasteiger charge is 2.16. The highest BCUT2D eigenvalue weighted by Crippen LogP contribution is 2.10. The Balaban J connectivity index is 2.61. The second-order valence-corrected chi connectivity index (χ2v) is 6.12. The van der Waals surface area contributed by atoms with Gasteiger partial charge < -0.3 is 10.0 Å². The van der Waals surface area contributed by atoms with Gasteiger partial charge >= 0.3 is 5.97 Å². The molecule has 0 bridgehead atoms. The summed E-state index contributed by atoms with van der Waals surface area (Å²) in [5.74, 6) is -1.06. The average Bonchev–Trinajstić information content (AvgIpc) is 2.40. The standard InChI is InChI=1S/C17H28N2O2/c1-14-6-8-16(9-7-14)13-19(11-5-10-18(3)4)12-15(2)17(20)21/h6-9,15H,5,10-13H2,1-4H3,(H,20,21). The summed E-state index contributed by atoms with van der Waals surface area (Å²) in [6.45, 7) is 7.19. The summed E-state index contributed by atoms with van der Waals surface area (Å²) in [6.07, 6.45) is 1.05. The molecule has 1 aromatic carbocycles. The second kappa shape index (κ2) is 8.80. The second-order valence-electron chi connectivity index (χ2n) is 6.12. The van der Waals surface area contributed by atoms with Gasteiger partial charge in [0, 0.05) is 13.1 Å². The summed E-state index contributed by atoms with van der Waals surface area (Å²) in [5.41, 5.74) is 2.49. The van der Waals surface area contributed by atoms with Gasteiger partial charge in [0.05, 0.1) is 5.92 Å². The number of aryl methyl sites for hydroxylation is 1. The summed E-state index contributed by atoms with van der Waals surface area (Å²) in [6, 6.07) is 8.46. The maximum Gasteiger partial charge on any atom is 0.307 e. The summed E-state index contributed by atoms with van der Waals surface area (Å²) in [5, 5.41) is 9.11. The first-order valence-corrected chi connectivity index (χ1v) is 7.54. The Hall–Kier alpha value is -1.39. The maximum atomic E-state index is 11.1. The lowest BCUT2D eigenvalue weighted by atomic mass is 10.1. The van der Waals surface area contributed by atoms with Gasteiger partial charge in [-0.2, -0.15) is 0 Å². The van der Waals surface area contributed by atoms with Crippen molar-refractivity contribution in [2.75, 3.05) is 33.7 Å². The van der Waals surface area contributed by atoms with Gasteiger partial charge in [0.1, 0.15) is 0 Å². The predicted octanol–water partition coefficient (Wildman–Crippen LogP) is 2.47. The summed E-state index contributed by atoms with van der Waals surface area (Å²) < 4.78 is 0. The Morgan fingerprint density at radius 3 is 2.33 bits per heavy atom. The van der Waals surface area contributed by atoms with Crippen LogP contribution in [0.1, 0.15) is 24.5 Å². The first-order valence-electron chi connectivity index (χ1n) is 7.54. The molecule has 0 aliphatic carbocycles. The third kappa shape index (κ3) is 7.25. The van der Waals surface area contributed by atoms with E-state index in [1.165, 1.54) is 11.1 Å². The van der Waals surface area contributed by atoms with Crippen LogP contribution in [0, 0.1) is 12.8 Å². The normalized spacial score (nSPS) is 12.9. The molecule has 1 unspecified atom stereocenters. The zero-order valence-corrected chi connectivity index (χ0v) is 13.7. The number of nitrogens with zero attached hydrogens (tertiary/aromatic N) is 2. The monoisotopic (exact) mass is 292 g/mol. The van der Waals surface area contributed by atoms with Gasteiger partial charge in [-0.1, -0.05) is 36.8 Å². The van der Waals surface area contributed by atoms with E-state index in [9.17, 15) is 4.79 Å². The third-order valence-electron chi connectivity index (χ3n) is 3.56. The minimum absolute atomic E-state index is 0.338. The molecule has 21 heavy (non-hydrogen) atoms. The fourth-order valence-corrected chi connectivity index (χ4v) is 2.26. The smallest absolute Gasteiger partial charge is 0.307 e. The molecule has 0 aliphatic rings. The molecule has 0 fully saturated rings. The molecule has 0 saturated heterocycles. The first kappa shape index (κ1) is 17.7. The number of carboxylic acids is 1. The van der Waals surface area contributed by atoms with Crippen molar-refractivity contribution in [2.24, 2.45) is 5.92 Å². The van der Waals surface area contributed by atoms with Crippen molar-refractivity contribution in [1.82, 2.24) is 9.80 Å². The van der Waals surface area contributed by atoms with Crippen molar-refractivity contribution >= 4 is 5.97 Å². The van der Waals surface area contributed by atoms with E-state index in [2.05, 4.69) is 55.1 Å². The van der Waals surface area contributed by atoms with Crippen LogP contribution in [0.5, 0.6) is 0 Å². The molecule has 0 aliphatic heterocycles. The SMILES string of the molecule is Cc1ccc(CN(CCCN(C)C)CC(C)C(=O)O)cc1. The zero-order chi connectivity index (χ0) is 15.8. The van der Waals surface area contributed by atoms with Crippen LogP contribution in [0.3, 0.4) is 0 Å². The Labute approximate surface area is 128 Å². The van der Waals surface area contributed by atoms with Crippen LogP contribution in [0.2, 0.25) is 0 Å². The molecule has 118 valence electrons. The van der Waals surface area contributed by atoms with Crippen molar-refractivity contribution < 1.29 is 9.90 Å². The predicted molar refractivity (Wildman–Crippen MR) is 86.4 cm³/mol. The van der Waals surface area contributed by atoms with Crippen LogP contribution in [-0.2, 0) is 11.3 Å². The van der Waals surface area contributed by atoms with E-state index in [1.807, 2.05) is 0 Å². The van der Waals surface area contributed by atoms with Gasteiger partial charge in [0.25, 0.3) is 0 Å². The molecule has 0 heterocycles. The van der Waals surface area contributed by atoms with E-state index in [0.717, 1.165) is 26.1 Å². The molecule has 1 N–H and O–H groups in total. The molecular formula is C17H28N2O2. The molecule has 0 amide bonds. The molecular weight excluding hydrogens is 264 g/mol. The number of carboxylic acid groups (broad SMARTS) is 1. The quantitative estimate of drug-likeness (QED) is 0.759. The Bertz CT molecular complexity index is 429. The molecule has 0 saturated carbocycles. The Kier molecular flexibility index (Phi) is 7.40. The lowest BCUT2D eigenvalue weighted by Crippen LogP contribution is -2.33. The fraction of sp³-hybridized carbons (Fsp3) is 0.588. The van der Waals surface area contributed by atoms with E-state index in [-0.39, 0.29) is 5.92 Å². The largest absolute Gasteiger partial charge is 0.481 e. The van der Waals surface area contributed by atoms with Crippen molar-refractivity contribution in [2.45, 2.75) is 26.8 Å². The molecule has 0 radical (unpaired) electrons. The van der Waals surface area contributed by atoms with E-state index >= 15 is 0 Å². The van der Waals surface area contributed by atoms with Crippen molar-refractivity contribution in [3.8, 4) is 0 Å². The van der Waals surface area contributed by atoms with Crippen molar-refractivity contribution in [3.63, 3.8) is 0 Å². The molecule has 1 atom stereocenters. The topological polar surface area (TPSA) is 43.8 Å². The van der Waals surface area contributed by atoms with Crippen molar-refractivity contribution in [1.29, 1.82) is 0 Å². The summed E-state index contributed by atoms with van der Waals surface area (Å²) in [7, 11) is 4.12. The van der Waals surface area contributed by atoms with Gasteiger partial charge in [-0.15, -0.1) is 0 Å². The number of hydrogen-bond acceptors (Lipinski definition) is 3. The van der Waals surface area contributed by atoms with Gasteiger partial charge in [0.15, 0.2) is 0 Å². The minimum Gasteiger partial charge on any atom is -0.481 e. The van der Waals surface area contributed by atoms with Crippen LogP contribution >= 0.6 is 0 Å². The van der Waals surface area contributed by atoms with E-state index in [1.54, 1.807) is 6.92 Å². The van der Waals surface area contributed by atoms with Crippen LogP contribution in [-0.4, -0.2) is 54.6 Å².